The molecule has 0 aromatic heterocycles. The molecule has 2 aromatic carbocycles. The summed E-state index contributed by atoms with van der Waals surface area (Å²) >= 11 is 0. The van der Waals surface area contributed by atoms with E-state index in [2.05, 4.69) is 0 Å². The predicted molar refractivity (Wildman–Crippen MR) is 166 cm³/mol. The highest BCUT2D eigenvalue weighted by atomic mass is 28.4. The van der Waals surface area contributed by atoms with Crippen LogP contribution < -0.4 is 9.80 Å². The Hall–Kier alpha value is -3.05. The zero-order valence-electron chi connectivity index (χ0n) is 25.4. The number of para-hydroxylation sites is 1. The van der Waals surface area contributed by atoms with Crippen molar-refractivity contribution < 1.29 is 29.0 Å². The van der Waals surface area contributed by atoms with Crippen molar-refractivity contribution in [3.8, 4) is 0 Å². The number of nitrogens with zero attached hydrogens (tertiary/aromatic N) is 3. The van der Waals surface area contributed by atoms with Crippen LogP contribution in [0.4, 0.5) is 11.4 Å². The number of aliphatic hydroxyl groups excluding tert-OH is 1. The Labute approximate surface area is 254 Å². The van der Waals surface area contributed by atoms with Gasteiger partial charge < -0.3 is 29.3 Å². The van der Waals surface area contributed by atoms with E-state index in [0.717, 1.165) is 48.2 Å². The molecule has 3 saturated heterocycles. The van der Waals surface area contributed by atoms with E-state index in [9.17, 15) is 24.3 Å². The molecule has 3 amide bonds. The molecule has 0 radical (unpaired) electrons. The van der Waals surface area contributed by atoms with Gasteiger partial charge in [-0.25, -0.2) is 0 Å². The van der Waals surface area contributed by atoms with Gasteiger partial charge in [-0.05, 0) is 62.5 Å². The standard InChI is InChI=1S/C33H43N3O6Si/c1-22-31(43(2,3)41)28(19-30(39)35-17-9-12-25(35)21-37)42-33(22)26-13-4-5-14-27(26)36(32(33)40)20-23-10-8-11-24(18-23)34-16-7-6-15-29(34)38/h4-5,8,10-11,13-14,18,22,25,28,31,37,41H,6-7,9,12,15-17,19-21H2,1-3H3/t22-,25+,28+,31-,33+/m1/s1. The van der Waals surface area contributed by atoms with Crippen molar-refractivity contribution in [2.45, 2.75) is 88.4 Å². The first-order valence-electron chi connectivity index (χ1n) is 15.7. The summed E-state index contributed by atoms with van der Waals surface area (Å²) in [7, 11) is -2.91. The molecule has 1 spiro atoms. The molecule has 5 atom stereocenters. The Balaban J connectivity index is 1.32. The Morgan fingerprint density at radius 3 is 2.60 bits per heavy atom. The maximum absolute atomic E-state index is 14.6. The van der Waals surface area contributed by atoms with Crippen molar-refractivity contribution in [1.82, 2.24) is 4.90 Å². The zero-order valence-corrected chi connectivity index (χ0v) is 26.4. The summed E-state index contributed by atoms with van der Waals surface area (Å²) in [4.78, 5) is 57.6. The predicted octanol–water partition coefficient (Wildman–Crippen LogP) is 3.92. The van der Waals surface area contributed by atoms with Crippen LogP contribution in [0.25, 0.3) is 0 Å². The van der Waals surface area contributed by atoms with Crippen molar-refractivity contribution in [3.63, 3.8) is 0 Å². The maximum Gasteiger partial charge on any atom is 0.264 e. The molecule has 0 saturated carbocycles. The fourth-order valence-electron chi connectivity index (χ4n) is 8.12. The zero-order chi connectivity index (χ0) is 30.5. The minimum absolute atomic E-state index is 0.0611. The van der Waals surface area contributed by atoms with Crippen LogP contribution in [0.1, 0.15) is 56.6 Å². The lowest BCUT2D eigenvalue weighted by Gasteiger charge is -2.33. The number of ether oxygens (including phenoxy) is 1. The number of carbonyl (C=O) groups excluding carboxylic acids is 3. The fraction of sp³-hybridized carbons (Fsp3) is 0.545. The summed E-state index contributed by atoms with van der Waals surface area (Å²) in [6.45, 7) is 7.22. The fourth-order valence-corrected chi connectivity index (χ4v) is 10.7. The van der Waals surface area contributed by atoms with E-state index in [4.69, 9.17) is 4.74 Å². The third kappa shape index (κ3) is 5.12. The molecule has 4 aliphatic rings. The molecule has 3 fully saturated rings. The quantitative estimate of drug-likeness (QED) is 0.463. The smallest absolute Gasteiger partial charge is 0.264 e. The second-order valence-electron chi connectivity index (χ2n) is 13.2. The number of fused-ring (bicyclic) bond motifs is 2. The highest BCUT2D eigenvalue weighted by Gasteiger charge is 2.66. The van der Waals surface area contributed by atoms with Gasteiger partial charge in [0.25, 0.3) is 5.91 Å². The van der Waals surface area contributed by atoms with E-state index in [1.807, 2.05) is 73.4 Å². The molecule has 0 aliphatic carbocycles. The van der Waals surface area contributed by atoms with E-state index < -0.39 is 20.0 Å². The van der Waals surface area contributed by atoms with Crippen molar-refractivity contribution in [2.24, 2.45) is 5.92 Å². The SMILES string of the molecule is C[C@@H]1[C@@H]([Si](C)(C)O)[C@H](CC(=O)N2CCC[C@H]2CO)O[C@@]12C(=O)N(Cc1cccc(N3CCCCC3=O)c1)c1ccccc12. The average Bonchev–Trinajstić information content (AvgIpc) is 3.64. The number of hydrogen-bond donors (Lipinski definition) is 2. The molecule has 2 aromatic rings. The Morgan fingerprint density at radius 2 is 1.86 bits per heavy atom. The van der Waals surface area contributed by atoms with Gasteiger partial charge in [0.15, 0.2) is 13.9 Å². The van der Waals surface area contributed by atoms with Crippen LogP contribution in [0.15, 0.2) is 48.5 Å². The second kappa shape index (κ2) is 11.5. The molecule has 0 bridgehead atoms. The number of amides is 3. The maximum atomic E-state index is 14.6. The third-order valence-corrected chi connectivity index (χ3v) is 12.6. The van der Waals surface area contributed by atoms with Gasteiger partial charge in [-0.2, -0.15) is 0 Å². The number of likely N-dealkylation sites (tertiary alicyclic amines) is 1. The van der Waals surface area contributed by atoms with E-state index in [1.165, 1.54) is 0 Å². The van der Waals surface area contributed by atoms with Crippen LogP contribution in [-0.4, -0.2) is 72.7 Å². The molecule has 6 rings (SSSR count). The molecular weight excluding hydrogens is 562 g/mol. The number of aliphatic hydroxyl groups is 1. The molecule has 2 N–H and O–H groups in total. The Kier molecular flexibility index (Phi) is 8.00. The molecule has 230 valence electrons. The lowest BCUT2D eigenvalue weighted by molar-refractivity contribution is -0.150. The highest BCUT2D eigenvalue weighted by Crippen LogP contribution is 2.59. The summed E-state index contributed by atoms with van der Waals surface area (Å²) in [6, 6.07) is 15.3. The highest BCUT2D eigenvalue weighted by molar-refractivity contribution is 6.71. The molecule has 43 heavy (non-hydrogen) atoms. The van der Waals surface area contributed by atoms with Gasteiger partial charge >= 0.3 is 0 Å². The van der Waals surface area contributed by atoms with Gasteiger partial charge in [-0.1, -0.05) is 37.3 Å². The normalized spacial score (nSPS) is 29.2. The van der Waals surface area contributed by atoms with Gasteiger partial charge in [-0.15, -0.1) is 0 Å². The number of carbonyl (C=O) groups is 3. The number of rotatable bonds is 7. The van der Waals surface area contributed by atoms with Crippen LogP contribution in [0, 0.1) is 5.92 Å². The molecule has 4 heterocycles. The van der Waals surface area contributed by atoms with Gasteiger partial charge in [-0.3, -0.25) is 14.4 Å². The topological polar surface area (TPSA) is 111 Å². The van der Waals surface area contributed by atoms with Crippen LogP contribution in [-0.2, 0) is 31.3 Å². The first-order valence-corrected chi connectivity index (χ1v) is 18.7. The lowest BCUT2D eigenvalue weighted by atomic mass is 9.82. The molecule has 10 heteroatoms. The van der Waals surface area contributed by atoms with Crippen LogP contribution in [0.5, 0.6) is 0 Å². The van der Waals surface area contributed by atoms with E-state index in [1.54, 1.807) is 9.80 Å². The Morgan fingerprint density at radius 1 is 1.07 bits per heavy atom. The van der Waals surface area contributed by atoms with Crippen LogP contribution in [0.3, 0.4) is 0 Å². The first kappa shape index (κ1) is 30.0. The molecule has 9 nitrogen and oxygen atoms in total. The molecule has 0 unspecified atom stereocenters. The summed E-state index contributed by atoms with van der Waals surface area (Å²) < 4.78 is 6.82. The van der Waals surface area contributed by atoms with Gasteiger partial charge in [0.2, 0.25) is 11.8 Å². The largest absolute Gasteiger partial charge is 0.432 e. The average molecular weight is 606 g/mol. The van der Waals surface area contributed by atoms with E-state index >= 15 is 0 Å². The first-order chi connectivity index (χ1) is 20.6. The third-order valence-electron chi connectivity index (χ3n) is 10.1. The van der Waals surface area contributed by atoms with E-state index in [0.29, 0.717) is 26.1 Å². The lowest BCUT2D eigenvalue weighted by Crippen LogP contribution is -2.46. The minimum Gasteiger partial charge on any atom is -0.432 e. The summed E-state index contributed by atoms with van der Waals surface area (Å²) in [5, 5.41) is 9.81. The summed E-state index contributed by atoms with van der Waals surface area (Å²) in [5.74, 6) is -0.526. The van der Waals surface area contributed by atoms with Crippen LogP contribution in [0.2, 0.25) is 18.6 Å². The van der Waals surface area contributed by atoms with Crippen molar-refractivity contribution in [3.05, 3.63) is 59.7 Å². The second-order valence-corrected chi connectivity index (χ2v) is 17.2. The van der Waals surface area contributed by atoms with Gasteiger partial charge in [0.1, 0.15) is 0 Å². The monoisotopic (exact) mass is 605 g/mol. The summed E-state index contributed by atoms with van der Waals surface area (Å²) in [6.07, 6.45) is 3.49. The minimum atomic E-state index is -2.91. The van der Waals surface area contributed by atoms with Gasteiger partial charge in [0, 0.05) is 42.2 Å². The number of hydrogen-bond acceptors (Lipinski definition) is 6. The van der Waals surface area contributed by atoms with Crippen molar-refractivity contribution >= 4 is 37.4 Å². The van der Waals surface area contributed by atoms with Gasteiger partial charge in [0.05, 0.1) is 37.4 Å². The Bertz CT molecular complexity index is 1410. The van der Waals surface area contributed by atoms with Crippen molar-refractivity contribution in [1.29, 1.82) is 0 Å². The number of benzene rings is 2. The molecular formula is C33H43N3O6Si. The number of piperidine rings is 1. The van der Waals surface area contributed by atoms with Crippen LogP contribution >= 0.6 is 0 Å². The summed E-state index contributed by atoms with van der Waals surface area (Å²) in [5.41, 5.74) is 1.62. The molecule has 4 aliphatic heterocycles. The van der Waals surface area contributed by atoms with Crippen molar-refractivity contribution in [2.75, 3.05) is 29.5 Å². The number of anilines is 2. The van der Waals surface area contributed by atoms with E-state index in [-0.39, 0.29) is 48.3 Å².